The van der Waals surface area contributed by atoms with Gasteiger partial charge < -0.3 is 5.11 Å². The molecule has 0 aromatic heterocycles. The van der Waals surface area contributed by atoms with E-state index in [9.17, 15) is 9.18 Å². The first-order valence-electron chi connectivity index (χ1n) is 6.11. The number of carbonyl (C=O) groups is 1. The molecule has 1 N–H and O–H groups in total. The predicted octanol–water partition coefficient (Wildman–Crippen LogP) is 2.51. The fourth-order valence-electron chi connectivity index (χ4n) is 1.80. The third-order valence-corrected chi connectivity index (χ3v) is 2.89. The van der Waals surface area contributed by atoms with Crippen molar-refractivity contribution in [2.45, 2.75) is 20.4 Å². The van der Waals surface area contributed by atoms with Gasteiger partial charge in [-0.2, -0.15) is 5.26 Å². The molecule has 5 heteroatoms. The number of nitriles is 1. The van der Waals surface area contributed by atoms with Crippen LogP contribution in [-0.4, -0.2) is 29.1 Å². The molecule has 1 aromatic rings. The average Bonchev–Trinajstić information content (AvgIpc) is 2.39. The second kappa shape index (κ2) is 6.86. The molecule has 1 atom stereocenters. The SMILES string of the molecule is CCN(Cc1cc(C(=O)O)ccc1F)CC(C)C#N. The van der Waals surface area contributed by atoms with Crippen molar-refractivity contribution in [1.29, 1.82) is 5.26 Å². The Morgan fingerprint density at radius 1 is 1.58 bits per heavy atom. The Morgan fingerprint density at radius 2 is 2.26 bits per heavy atom. The van der Waals surface area contributed by atoms with Gasteiger partial charge in [-0.05, 0) is 31.7 Å². The highest BCUT2D eigenvalue weighted by atomic mass is 19.1. The molecule has 0 saturated heterocycles. The lowest BCUT2D eigenvalue weighted by atomic mass is 10.1. The lowest BCUT2D eigenvalue weighted by molar-refractivity contribution is 0.0696. The van der Waals surface area contributed by atoms with Crippen LogP contribution < -0.4 is 0 Å². The fraction of sp³-hybridized carbons (Fsp3) is 0.429. The van der Waals surface area contributed by atoms with Gasteiger partial charge in [-0.15, -0.1) is 0 Å². The maximum Gasteiger partial charge on any atom is 0.335 e. The second-order valence-corrected chi connectivity index (χ2v) is 4.47. The van der Waals surface area contributed by atoms with Crippen LogP contribution in [0.5, 0.6) is 0 Å². The molecule has 0 bridgehead atoms. The highest BCUT2D eigenvalue weighted by molar-refractivity contribution is 5.87. The van der Waals surface area contributed by atoms with Crippen LogP contribution in [0.1, 0.15) is 29.8 Å². The van der Waals surface area contributed by atoms with Gasteiger partial charge in [0.05, 0.1) is 17.6 Å². The summed E-state index contributed by atoms with van der Waals surface area (Å²) in [5.74, 6) is -1.64. The van der Waals surface area contributed by atoms with Crippen LogP contribution >= 0.6 is 0 Å². The minimum absolute atomic E-state index is 0.0702. The number of nitrogens with zero attached hydrogens (tertiary/aromatic N) is 2. The Kier molecular flexibility index (Phi) is 5.46. The first-order chi connectivity index (χ1) is 8.97. The number of carboxylic acid groups (broad SMARTS) is 1. The summed E-state index contributed by atoms with van der Waals surface area (Å²) >= 11 is 0. The molecule has 4 nitrogen and oxygen atoms in total. The fourth-order valence-corrected chi connectivity index (χ4v) is 1.80. The van der Waals surface area contributed by atoms with Crippen LogP contribution in [0.3, 0.4) is 0 Å². The topological polar surface area (TPSA) is 64.3 Å². The summed E-state index contributed by atoms with van der Waals surface area (Å²) in [6, 6.07) is 5.89. The molecule has 0 radical (unpaired) electrons. The van der Waals surface area contributed by atoms with Crippen LogP contribution in [0.25, 0.3) is 0 Å². The first kappa shape index (κ1) is 15.1. The summed E-state index contributed by atoms with van der Waals surface area (Å²) in [5.41, 5.74) is 0.410. The molecule has 102 valence electrons. The molecule has 0 saturated carbocycles. The van der Waals surface area contributed by atoms with Crippen LogP contribution in [-0.2, 0) is 6.54 Å². The zero-order valence-corrected chi connectivity index (χ0v) is 11.1. The molecule has 1 rings (SSSR count). The zero-order valence-electron chi connectivity index (χ0n) is 11.1. The largest absolute Gasteiger partial charge is 0.478 e. The lowest BCUT2D eigenvalue weighted by Gasteiger charge is -2.21. The smallest absolute Gasteiger partial charge is 0.335 e. The van der Waals surface area contributed by atoms with E-state index >= 15 is 0 Å². The normalized spacial score (nSPS) is 12.2. The van der Waals surface area contributed by atoms with Crippen molar-refractivity contribution >= 4 is 5.97 Å². The highest BCUT2D eigenvalue weighted by Gasteiger charge is 2.13. The minimum atomic E-state index is -1.07. The van der Waals surface area contributed by atoms with Crippen LogP contribution in [0, 0.1) is 23.1 Å². The quantitative estimate of drug-likeness (QED) is 0.857. The van der Waals surface area contributed by atoms with Gasteiger partial charge in [0.25, 0.3) is 0 Å². The summed E-state index contributed by atoms with van der Waals surface area (Å²) in [7, 11) is 0. The van der Waals surface area contributed by atoms with Crippen molar-refractivity contribution < 1.29 is 14.3 Å². The summed E-state index contributed by atoms with van der Waals surface area (Å²) in [4.78, 5) is 12.8. The third-order valence-electron chi connectivity index (χ3n) is 2.89. The summed E-state index contributed by atoms with van der Waals surface area (Å²) in [5, 5.41) is 17.7. The molecule has 0 fully saturated rings. The maximum absolute atomic E-state index is 13.7. The van der Waals surface area contributed by atoms with Crippen molar-refractivity contribution in [2.24, 2.45) is 5.92 Å². The van der Waals surface area contributed by atoms with Crippen LogP contribution in [0.2, 0.25) is 0 Å². The number of aromatic carboxylic acids is 1. The standard InChI is InChI=1S/C14H17FN2O2/c1-3-17(8-10(2)7-16)9-12-6-11(14(18)19)4-5-13(12)15/h4-6,10H,3,8-9H2,1-2H3,(H,18,19). The molecule has 0 heterocycles. The van der Waals surface area contributed by atoms with E-state index in [-0.39, 0.29) is 11.5 Å². The Morgan fingerprint density at radius 3 is 2.79 bits per heavy atom. The highest BCUT2D eigenvalue weighted by Crippen LogP contribution is 2.14. The molecule has 0 aliphatic heterocycles. The predicted molar refractivity (Wildman–Crippen MR) is 69.1 cm³/mol. The van der Waals surface area contributed by atoms with Gasteiger partial charge in [-0.1, -0.05) is 6.92 Å². The average molecular weight is 264 g/mol. The Hall–Kier alpha value is -1.93. The Balaban J connectivity index is 2.87. The second-order valence-electron chi connectivity index (χ2n) is 4.47. The monoisotopic (exact) mass is 264 g/mol. The van der Waals surface area contributed by atoms with E-state index in [1.807, 2.05) is 11.8 Å². The van der Waals surface area contributed by atoms with Gasteiger partial charge in [-0.25, -0.2) is 9.18 Å². The molecule has 0 spiro atoms. The molecule has 0 aliphatic carbocycles. The summed E-state index contributed by atoms with van der Waals surface area (Å²) in [6.45, 7) is 5.22. The van der Waals surface area contributed by atoms with Crippen molar-refractivity contribution in [2.75, 3.05) is 13.1 Å². The van der Waals surface area contributed by atoms with E-state index < -0.39 is 11.8 Å². The van der Waals surface area contributed by atoms with E-state index in [4.69, 9.17) is 10.4 Å². The minimum Gasteiger partial charge on any atom is -0.478 e. The van der Waals surface area contributed by atoms with Crippen molar-refractivity contribution in [3.63, 3.8) is 0 Å². The number of halogens is 1. The van der Waals surface area contributed by atoms with Gasteiger partial charge in [0.2, 0.25) is 0 Å². The zero-order chi connectivity index (χ0) is 14.4. The maximum atomic E-state index is 13.7. The van der Waals surface area contributed by atoms with Gasteiger partial charge >= 0.3 is 5.97 Å². The van der Waals surface area contributed by atoms with Gasteiger partial charge in [0, 0.05) is 18.7 Å². The molecule has 0 aliphatic rings. The third kappa shape index (κ3) is 4.34. The van der Waals surface area contributed by atoms with E-state index in [0.29, 0.717) is 25.2 Å². The van der Waals surface area contributed by atoms with Crippen LogP contribution in [0.15, 0.2) is 18.2 Å². The number of carboxylic acids is 1. The lowest BCUT2D eigenvalue weighted by Crippen LogP contribution is -2.28. The van der Waals surface area contributed by atoms with E-state index in [1.54, 1.807) is 6.92 Å². The van der Waals surface area contributed by atoms with Crippen molar-refractivity contribution in [3.05, 3.63) is 35.1 Å². The van der Waals surface area contributed by atoms with Crippen LogP contribution in [0.4, 0.5) is 4.39 Å². The van der Waals surface area contributed by atoms with Gasteiger partial charge in [-0.3, -0.25) is 4.90 Å². The first-order valence-corrected chi connectivity index (χ1v) is 6.11. The summed E-state index contributed by atoms with van der Waals surface area (Å²) < 4.78 is 13.7. The molecular weight excluding hydrogens is 247 g/mol. The van der Waals surface area contributed by atoms with Crippen molar-refractivity contribution in [1.82, 2.24) is 4.90 Å². The molecular formula is C14H17FN2O2. The van der Waals surface area contributed by atoms with E-state index in [1.165, 1.54) is 18.2 Å². The number of rotatable bonds is 6. The summed E-state index contributed by atoms with van der Waals surface area (Å²) in [6.07, 6.45) is 0. The van der Waals surface area contributed by atoms with Gasteiger partial charge in [0.15, 0.2) is 0 Å². The van der Waals surface area contributed by atoms with Crippen molar-refractivity contribution in [3.8, 4) is 6.07 Å². The Labute approximate surface area is 112 Å². The number of benzene rings is 1. The van der Waals surface area contributed by atoms with Gasteiger partial charge in [0.1, 0.15) is 5.82 Å². The van der Waals surface area contributed by atoms with E-state index in [2.05, 4.69) is 6.07 Å². The van der Waals surface area contributed by atoms with E-state index in [0.717, 1.165) is 0 Å². The molecule has 1 aromatic carbocycles. The Bertz CT molecular complexity index is 497. The number of hydrogen-bond donors (Lipinski definition) is 1. The molecule has 1 unspecified atom stereocenters. The molecule has 19 heavy (non-hydrogen) atoms. The molecule has 0 amide bonds. The number of hydrogen-bond acceptors (Lipinski definition) is 3.